The highest BCUT2D eigenvalue weighted by Gasteiger charge is 2.41. The van der Waals surface area contributed by atoms with Gasteiger partial charge in [0.05, 0.1) is 0 Å². The Hall–Kier alpha value is -2.28. The van der Waals surface area contributed by atoms with Crippen LogP contribution in [0.15, 0.2) is 36.0 Å². The summed E-state index contributed by atoms with van der Waals surface area (Å²) in [5, 5.41) is 15.5. The number of carbonyl (C=O) groups excluding carboxylic acids is 1. The third kappa shape index (κ3) is 4.91. The molecule has 2 N–H and O–H groups in total. The quantitative estimate of drug-likeness (QED) is 0.514. The average molecular weight is 366 g/mol. The van der Waals surface area contributed by atoms with Gasteiger partial charge in [0.25, 0.3) is 5.91 Å². The molecule has 2 fully saturated rings. The summed E-state index contributed by atoms with van der Waals surface area (Å²) in [5.74, 6) is 2.02. The molecule has 2 aliphatic rings. The van der Waals surface area contributed by atoms with Crippen LogP contribution in [-0.4, -0.2) is 11.9 Å². The summed E-state index contributed by atoms with van der Waals surface area (Å²) in [7, 11) is 0. The van der Waals surface area contributed by atoms with Crippen LogP contribution in [-0.2, 0) is 11.2 Å². The second-order valence-corrected chi connectivity index (χ2v) is 8.22. The van der Waals surface area contributed by atoms with Gasteiger partial charge < -0.3 is 10.6 Å². The number of hydrogen-bond donors (Lipinski definition) is 2. The largest absolute Gasteiger partial charge is 0.387 e. The molecule has 2 bridgehead atoms. The number of anilines is 1. The number of nitriles is 1. The number of nitrogens with zero attached hydrogens (tertiary/aromatic N) is 1. The van der Waals surface area contributed by atoms with E-state index in [2.05, 4.69) is 24.5 Å². The minimum absolute atomic E-state index is 0.125. The highest BCUT2D eigenvalue weighted by molar-refractivity contribution is 6.06. The summed E-state index contributed by atoms with van der Waals surface area (Å²) >= 11 is 0. The van der Waals surface area contributed by atoms with E-state index in [1.165, 1.54) is 44.1 Å². The van der Waals surface area contributed by atoms with Crippen LogP contribution in [0.5, 0.6) is 0 Å². The molecule has 0 heterocycles. The topological polar surface area (TPSA) is 64.9 Å². The predicted molar refractivity (Wildman–Crippen MR) is 109 cm³/mol. The predicted octanol–water partition coefficient (Wildman–Crippen LogP) is 4.79. The first-order valence-electron chi connectivity index (χ1n) is 10.4. The minimum atomic E-state index is -0.355. The van der Waals surface area contributed by atoms with Gasteiger partial charge in [-0.3, -0.25) is 4.79 Å². The molecule has 0 aromatic heterocycles. The molecule has 0 radical (unpaired) electrons. The maximum Gasteiger partial charge on any atom is 0.267 e. The molecule has 4 nitrogen and oxygen atoms in total. The lowest BCUT2D eigenvalue weighted by molar-refractivity contribution is -0.112. The van der Waals surface area contributed by atoms with Crippen molar-refractivity contribution in [3.8, 4) is 6.07 Å². The maximum absolute atomic E-state index is 12.4. The van der Waals surface area contributed by atoms with Gasteiger partial charge in [0.2, 0.25) is 0 Å². The van der Waals surface area contributed by atoms with Crippen LogP contribution in [0.1, 0.15) is 57.9 Å². The molecule has 1 amide bonds. The lowest BCUT2D eigenvalue weighted by Gasteiger charge is -2.28. The fourth-order valence-electron chi connectivity index (χ4n) is 4.73. The molecular weight excluding hydrogens is 334 g/mol. The van der Waals surface area contributed by atoms with E-state index in [0.29, 0.717) is 12.0 Å². The van der Waals surface area contributed by atoms with Crippen LogP contribution in [0.3, 0.4) is 0 Å². The first kappa shape index (κ1) is 19.5. The number of aryl methyl sites for hydroxylation is 1. The van der Waals surface area contributed by atoms with Crippen molar-refractivity contribution in [3.05, 3.63) is 41.6 Å². The highest BCUT2D eigenvalue weighted by atomic mass is 16.1. The van der Waals surface area contributed by atoms with Crippen LogP contribution in [0.2, 0.25) is 0 Å². The van der Waals surface area contributed by atoms with Crippen molar-refractivity contribution in [2.45, 2.75) is 64.8 Å². The fraction of sp³-hybridized carbons (Fsp3) is 0.565. The van der Waals surface area contributed by atoms with E-state index in [-0.39, 0.29) is 11.5 Å². The van der Waals surface area contributed by atoms with Crippen molar-refractivity contribution in [2.24, 2.45) is 17.8 Å². The van der Waals surface area contributed by atoms with Gasteiger partial charge in [-0.15, -0.1) is 0 Å². The molecule has 4 heteroatoms. The Bertz CT molecular complexity index is 716. The molecule has 0 aliphatic heterocycles. The molecule has 0 saturated heterocycles. The van der Waals surface area contributed by atoms with Gasteiger partial charge in [0.15, 0.2) is 0 Å². The van der Waals surface area contributed by atoms with Gasteiger partial charge >= 0.3 is 0 Å². The van der Waals surface area contributed by atoms with Crippen molar-refractivity contribution in [2.75, 3.05) is 5.32 Å². The Morgan fingerprint density at radius 1 is 1.30 bits per heavy atom. The molecular formula is C23H31N3O. The second-order valence-electron chi connectivity index (χ2n) is 8.22. The summed E-state index contributed by atoms with van der Waals surface area (Å²) in [4.78, 5) is 12.4. The first-order chi connectivity index (χ1) is 13.1. The van der Waals surface area contributed by atoms with Crippen molar-refractivity contribution >= 4 is 11.6 Å². The zero-order valence-electron chi connectivity index (χ0n) is 16.5. The van der Waals surface area contributed by atoms with E-state index in [1.807, 2.05) is 30.3 Å². The van der Waals surface area contributed by atoms with Crippen LogP contribution in [0, 0.1) is 29.1 Å². The monoisotopic (exact) mass is 365 g/mol. The number of hydrogen-bond acceptors (Lipinski definition) is 3. The van der Waals surface area contributed by atoms with E-state index < -0.39 is 0 Å². The van der Waals surface area contributed by atoms with E-state index in [1.54, 1.807) is 6.20 Å². The van der Waals surface area contributed by atoms with E-state index in [0.717, 1.165) is 23.9 Å². The van der Waals surface area contributed by atoms with E-state index in [9.17, 15) is 10.1 Å². The smallest absolute Gasteiger partial charge is 0.267 e. The summed E-state index contributed by atoms with van der Waals surface area (Å²) in [6, 6.07) is 10.2. The molecule has 4 unspecified atom stereocenters. The van der Waals surface area contributed by atoms with Gasteiger partial charge in [-0.1, -0.05) is 31.9 Å². The SMILES string of the molecule is CCCCc1ccc(NC(=O)/C(C#N)=C\NC(C)C2CC3CCC2C3)cc1. The Kier molecular flexibility index (Phi) is 6.55. The molecule has 1 aromatic carbocycles. The lowest BCUT2D eigenvalue weighted by atomic mass is 9.84. The first-order valence-corrected chi connectivity index (χ1v) is 10.4. The third-order valence-electron chi connectivity index (χ3n) is 6.32. The van der Waals surface area contributed by atoms with E-state index in [4.69, 9.17) is 0 Å². The summed E-state index contributed by atoms with van der Waals surface area (Å²) in [6.45, 7) is 4.35. The maximum atomic E-state index is 12.4. The molecule has 144 valence electrons. The third-order valence-corrected chi connectivity index (χ3v) is 6.32. The zero-order chi connectivity index (χ0) is 19.2. The number of amides is 1. The molecule has 1 aromatic rings. The van der Waals surface area contributed by atoms with Crippen LogP contribution < -0.4 is 10.6 Å². The number of nitrogens with one attached hydrogen (secondary N) is 2. The van der Waals surface area contributed by atoms with Gasteiger partial charge in [0, 0.05) is 17.9 Å². The van der Waals surface area contributed by atoms with Gasteiger partial charge in [0.1, 0.15) is 11.6 Å². The van der Waals surface area contributed by atoms with Crippen LogP contribution >= 0.6 is 0 Å². The zero-order valence-corrected chi connectivity index (χ0v) is 16.5. The van der Waals surface area contributed by atoms with Gasteiger partial charge in [-0.25, -0.2) is 0 Å². The molecule has 3 rings (SSSR count). The number of fused-ring (bicyclic) bond motifs is 2. The van der Waals surface area contributed by atoms with Crippen molar-refractivity contribution in [1.29, 1.82) is 5.26 Å². The minimum Gasteiger partial charge on any atom is -0.387 e. The van der Waals surface area contributed by atoms with Crippen LogP contribution in [0.4, 0.5) is 5.69 Å². The molecule has 27 heavy (non-hydrogen) atoms. The van der Waals surface area contributed by atoms with Gasteiger partial charge in [-0.2, -0.15) is 5.26 Å². The number of benzene rings is 1. The second kappa shape index (κ2) is 9.08. The van der Waals surface area contributed by atoms with Crippen molar-refractivity contribution in [1.82, 2.24) is 5.32 Å². The van der Waals surface area contributed by atoms with Crippen molar-refractivity contribution < 1.29 is 4.79 Å². The summed E-state index contributed by atoms with van der Waals surface area (Å²) < 4.78 is 0. The Morgan fingerprint density at radius 3 is 2.67 bits per heavy atom. The highest BCUT2D eigenvalue weighted by Crippen LogP contribution is 2.49. The Labute approximate surface area is 163 Å². The summed E-state index contributed by atoms with van der Waals surface area (Å²) in [5.41, 5.74) is 2.12. The fourth-order valence-corrected chi connectivity index (χ4v) is 4.73. The lowest BCUT2D eigenvalue weighted by Crippen LogP contribution is -2.33. The summed E-state index contributed by atoms with van der Waals surface area (Å²) in [6.07, 6.45) is 10.4. The van der Waals surface area contributed by atoms with Crippen molar-refractivity contribution in [3.63, 3.8) is 0 Å². The molecule has 0 spiro atoms. The van der Waals surface area contributed by atoms with Gasteiger partial charge in [-0.05, 0) is 74.5 Å². The number of rotatable bonds is 8. The molecule has 4 atom stereocenters. The number of unbranched alkanes of at least 4 members (excludes halogenated alkanes) is 1. The standard InChI is InChI=1S/C23H31N3O/c1-3-4-5-17-7-10-21(11-8-17)26-23(27)20(14-24)15-25-16(2)22-13-18-6-9-19(22)12-18/h7-8,10-11,15-16,18-19,22,25H,3-6,9,12-13H2,1-2H3,(H,26,27)/b20-15-. The Morgan fingerprint density at radius 2 is 2.07 bits per heavy atom. The van der Waals surface area contributed by atoms with Crippen LogP contribution in [0.25, 0.3) is 0 Å². The Balaban J connectivity index is 1.54. The average Bonchev–Trinajstić information content (AvgIpc) is 3.31. The molecule has 2 aliphatic carbocycles. The number of carbonyl (C=O) groups is 1. The molecule has 2 saturated carbocycles. The van der Waals surface area contributed by atoms with E-state index >= 15 is 0 Å². The normalized spacial score (nSPS) is 25.1.